The number of amides is 3. The first-order chi connectivity index (χ1) is 19.6. The van der Waals surface area contributed by atoms with E-state index >= 15 is 0 Å². The Kier molecular flexibility index (Phi) is 7.32. The first kappa shape index (κ1) is 27.8. The van der Waals surface area contributed by atoms with Crippen LogP contribution in [0.15, 0.2) is 18.2 Å². The Bertz CT molecular complexity index is 1370. The fourth-order valence-electron chi connectivity index (χ4n) is 7.02. The third-order valence-electron chi connectivity index (χ3n) is 9.26. The molecule has 6 rings (SSSR count). The molecule has 2 aliphatic carbocycles. The van der Waals surface area contributed by atoms with Crippen LogP contribution in [0.2, 0.25) is 0 Å². The highest BCUT2D eigenvalue weighted by molar-refractivity contribution is 6.01. The summed E-state index contributed by atoms with van der Waals surface area (Å²) in [6.45, 7) is 8.52. The zero-order valence-electron chi connectivity index (χ0n) is 24.4. The lowest BCUT2D eigenvalue weighted by atomic mass is 9.75. The number of nitrogens with two attached hydrogens (primary N) is 1. The molecule has 0 unspecified atom stereocenters. The van der Waals surface area contributed by atoms with Crippen molar-refractivity contribution in [2.24, 2.45) is 11.1 Å². The van der Waals surface area contributed by atoms with Gasteiger partial charge in [0.2, 0.25) is 0 Å². The number of fused-ring (bicyclic) bond motifs is 3. The van der Waals surface area contributed by atoms with E-state index in [0.717, 1.165) is 86.5 Å². The Morgan fingerprint density at radius 3 is 2.39 bits per heavy atom. The monoisotopic (exact) mass is 562 g/mol. The SMILES string of the molecule is CN1CCN(C(=O)NC2CCC(Nc3cc(-n4c5c(c6c4CC(C)(C)CC6=O)COC5)ccc3C(N)=O)CC2)CC1. The van der Waals surface area contributed by atoms with Gasteiger partial charge in [-0.1, -0.05) is 13.8 Å². The van der Waals surface area contributed by atoms with Crippen LogP contribution in [-0.2, 0) is 24.4 Å². The van der Waals surface area contributed by atoms with E-state index in [1.165, 1.54) is 0 Å². The normalized spacial score (nSPS) is 24.1. The molecular weight excluding hydrogens is 520 g/mol. The molecule has 2 aliphatic heterocycles. The summed E-state index contributed by atoms with van der Waals surface area (Å²) in [5.74, 6) is -0.299. The predicted molar refractivity (Wildman–Crippen MR) is 156 cm³/mol. The summed E-state index contributed by atoms with van der Waals surface area (Å²) in [4.78, 5) is 42.5. The number of urea groups is 1. The van der Waals surface area contributed by atoms with E-state index in [0.29, 0.717) is 30.9 Å². The molecule has 1 aromatic carbocycles. The number of anilines is 1. The molecule has 3 heterocycles. The standard InChI is InChI=1S/C31H42N6O4/c1-31(2)15-25-28(27(38)16-31)23-17-41-18-26(23)37(25)21-8-9-22(29(32)39)24(14-21)33-19-4-6-20(7-5-19)34-30(40)36-12-10-35(3)11-13-36/h8-9,14,19-20,33H,4-7,10-13,15-18H2,1-3H3,(H2,32,39)(H,34,40). The Hall–Kier alpha value is -3.37. The van der Waals surface area contributed by atoms with Crippen LogP contribution in [0.5, 0.6) is 0 Å². The molecule has 0 radical (unpaired) electrons. The molecule has 220 valence electrons. The molecule has 2 fully saturated rings. The lowest BCUT2D eigenvalue weighted by Gasteiger charge is -2.35. The van der Waals surface area contributed by atoms with Crippen molar-refractivity contribution >= 4 is 23.4 Å². The van der Waals surface area contributed by atoms with Gasteiger partial charge in [0.05, 0.1) is 24.5 Å². The minimum Gasteiger partial charge on any atom is -0.382 e. The molecule has 4 aliphatic rings. The number of nitrogens with zero attached hydrogens (tertiary/aromatic N) is 3. The van der Waals surface area contributed by atoms with Crippen LogP contribution < -0.4 is 16.4 Å². The maximum atomic E-state index is 13.2. The quantitative estimate of drug-likeness (QED) is 0.513. The van der Waals surface area contributed by atoms with Crippen LogP contribution in [0.1, 0.15) is 83.6 Å². The summed E-state index contributed by atoms with van der Waals surface area (Å²) in [7, 11) is 2.08. The van der Waals surface area contributed by atoms with Gasteiger partial charge in [-0.05, 0) is 62.8 Å². The van der Waals surface area contributed by atoms with Gasteiger partial charge in [-0.2, -0.15) is 0 Å². The van der Waals surface area contributed by atoms with Crippen molar-refractivity contribution in [1.29, 1.82) is 0 Å². The second-order valence-corrected chi connectivity index (χ2v) is 13.0. The zero-order chi connectivity index (χ0) is 28.9. The van der Waals surface area contributed by atoms with E-state index in [1.807, 2.05) is 17.0 Å². The Morgan fingerprint density at radius 1 is 0.976 bits per heavy atom. The number of hydrogen-bond donors (Lipinski definition) is 3. The molecule has 1 saturated heterocycles. The van der Waals surface area contributed by atoms with Crippen LogP contribution in [0.4, 0.5) is 10.5 Å². The molecule has 0 atom stereocenters. The van der Waals surface area contributed by atoms with E-state index < -0.39 is 5.91 Å². The number of nitrogens with one attached hydrogen (secondary N) is 2. The van der Waals surface area contributed by atoms with E-state index in [9.17, 15) is 14.4 Å². The highest BCUT2D eigenvalue weighted by atomic mass is 16.5. The summed E-state index contributed by atoms with van der Waals surface area (Å²) >= 11 is 0. The fourth-order valence-corrected chi connectivity index (χ4v) is 7.02. The van der Waals surface area contributed by atoms with Gasteiger partial charge < -0.3 is 35.5 Å². The highest BCUT2D eigenvalue weighted by Gasteiger charge is 2.39. The van der Waals surface area contributed by atoms with Crippen molar-refractivity contribution in [1.82, 2.24) is 19.7 Å². The van der Waals surface area contributed by atoms with Crippen molar-refractivity contribution in [2.45, 2.75) is 77.7 Å². The zero-order valence-corrected chi connectivity index (χ0v) is 24.4. The largest absolute Gasteiger partial charge is 0.382 e. The summed E-state index contributed by atoms with van der Waals surface area (Å²) in [6, 6.07) is 6.04. The van der Waals surface area contributed by atoms with Gasteiger partial charge in [0, 0.05) is 72.9 Å². The summed E-state index contributed by atoms with van der Waals surface area (Å²) in [5.41, 5.74) is 11.6. The number of ether oxygens (including phenoxy) is 1. The molecular formula is C31H42N6O4. The van der Waals surface area contributed by atoms with Crippen molar-refractivity contribution in [3.05, 3.63) is 46.3 Å². The maximum absolute atomic E-state index is 13.2. The third kappa shape index (κ3) is 5.47. The molecule has 4 N–H and O–H groups in total. The minimum absolute atomic E-state index is 0.0338. The van der Waals surface area contributed by atoms with E-state index in [1.54, 1.807) is 6.07 Å². The lowest BCUT2D eigenvalue weighted by molar-refractivity contribution is 0.0899. The Balaban J connectivity index is 1.20. The summed E-state index contributed by atoms with van der Waals surface area (Å²) in [6.07, 6.45) is 4.82. The van der Waals surface area contributed by atoms with Gasteiger partial charge in [-0.15, -0.1) is 0 Å². The van der Waals surface area contributed by atoms with Crippen molar-refractivity contribution in [3.63, 3.8) is 0 Å². The lowest BCUT2D eigenvalue weighted by Crippen LogP contribution is -2.53. The minimum atomic E-state index is -0.480. The molecule has 3 amide bonds. The molecule has 0 spiro atoms. The molecule has 10 heteroatoms. The van der Waals surface area contributed by atoms with Crippen molar-refractivity contribution in [2.75, 3.05) is 38.5 Å². The predicted octanol–water partition coefficient (Wildman–Crippen LogP) is 3.44. The second-order valence-electron chi connectivity index (χ2n) is 13.0. The van der Waals surface area contributed by atoms with E-state index in [-0.39, 0.29) is 29.3 Å². The number of rotatable bonds is 5. The molecule has 2 aromatic rings. The summed E-state index contributed by atoms with van der Waals surface area (Å²) in [5, 5.41) is 6.84. The average Bonchev–Trinajstić information content (AvgIpc) is 3.49. The highest BCUT2D eigenvalue weighted by Crippen LogP contribution is 2.42. The number of hydrogen-bond acceptors (Lipinski definition) is 6. The maximum Gasteiger partial charge on any atom is 0.317 e. The number of piperazine rings is 1. The van der Waals surface area contributed by atoms with Gasteiger partial charge in [-0.25, -0.2) is 4.79 Å². The first-order valence-electron chi connectivity index (χ1n) is 14.9. The topological polar surface area (TPSA) is 122 Å². The van der Waals surface area contributed by atoms with Gasteiger partial charge in [0.1, 0.15) is 0 Å². The van der Waals surface area contributed by atoms with Crippen molar-refractivity contribution < 1.29 is 19.1 Å². The van der Waals surface area contributed by atoms with Crippen LogP contribution in [0.3, 0.4) is 0 Å². The summed E-state index contributed by atoms with van der Waals surface area (Å²) < 4.78 is 7.96. The smallest absolute Gasteiger partial charge is 0.317 e. The number of primary amides is 1. The second kappa shape index (κ2) is 10.8. The Labute approximate surface area is 241 Å². The number of aromatic nitrogens is 1. The number of carbonyl (C=O) groups excluding carboxylic acids is 3. The third-order valence-corrected chi connectivity index (χ3v) is 9.26. The van der Waals surface area contributed by atoms with Gasteiger partial charge in [-0.3, -0.25) is 9.59 Å². The number of carbonyl (C=O) groups is 3. The Morgan fingerprint density at radius 2 is 1.68 bits per heavy atom. The van der Waals surface area contributed by atoms with Crippen LogP contribution >= 0.6 is 0 Å². The molecule has 1 aromatic heterocycles. The van der Waals surface area contributed by atoms with Crippen LogP contribution in [0, 0.1) is 5.41 Å². The van der Waals surface area contributed by atoms with Gasteiger partial charge in [0.15, 0.2) is 5.78 Å². The van der Waals surface area contributed by atoms with Crippen LogP contribution in [-0.4, -0.2) is 77.4 Å². The van der Waals surface area contributed by atoms with E-state index in [4.69, 9.17) is 10.5 Å². The van der Waals surface area contributed by atoms with E-state index in [2.05, 4.69) is 41.0 Å². The molecule has 0 bridgehead atoms. The molecule has 1 saturated carbocycles. The molecule has 10 nitrogen and oxygen atoms in total. The number of likely N-dealkylation sites (N-methyl/N-ethyl adjacent to an activating group) is 1. The first-order valence-corrected chi connectivity index (χ1v) is 14.9. The fraction of sp³-hybridized carbons (Fsp3) is 0.581. The van der Waals surface area contributed by atoms with Crippen molar-refractivity contribution in [3.8, 4) is 5.69 Å². The number of ketones is 1. The van der Waals surface area contributed by atoms with Crippen LogP contribution in [0.25, 0.3) is 5.69 Å². The van der Waals surface area contributed by atoms with Gasteiger partial charge in [0.25, 0.3) is 5.91 Å². The number of benzene rings is 1. The number of Topliss-reactive ketones (excluding diaryl/α,β-unsaturated/α-hetero) is 1. The molecule has 41 heavy (non-hydrogen) atoms. The average molecular weight is 563 g/mol. The van der Waals surface area contributed by atoms with Gasteiger partial charge >= 0.3 is 6.03 Å².